The fourth-order valence-electron chi connectivity index (χ4n) is 1.82. The molecule has 4 N–H and O–H groups in total. The van der Waals surface area contributed by atoms with Crippen molar-refractivity contribution in [2.75, 3.05) is 0 Å². The summed E-state index contributed by atoms with van der Waals surface area (Å²) in [6, 6.07) is -0.500. The van der Waals surface area contributed by atoms with Crippen LogP contribution in [0.3, 0.4) is 0 Å². The first-order chi connectivity index (χ1) is 7.59. The van der Waals surface area contributed by atoms with E-state index in [1.54, 1.807) is 6.92 Å². The van der Waals surface area contributed by atoms with Crippen LogP contribution in [0.2, 0.25) is 0 Å². The highest BCUT2D eigenvalue weighted by molar-refractivity contribution is 4.76. The molecule has 0 fully saturated rings. The van der Waals surface area contributed by atoms with Crippen LogP contribution in [0, 0.1) is 0 Å². The molecule has 0 unspecified atom stereocenters. The van der Waals surface area contributed by atoms with E-state index in [9.17, 15) is 10.2 Å². The number of unbranched alkanes of at least 4 members (excludes halogenated alkanes) is 6. The summed E-state index contributed by atoms with van der Waals surface area (Å²) >= 11 is 0. The summed E-state index contributed by atoms with van der Waals surface area (Å²) in [5, 5.41) is 18.8. The van der Waals surface area contributed by atoms with Crippen molar-refractivity contribution < 1.29 is 10.2 Å². The lowest BCUT2D eigenvalue weighted by molar-refractivity contribution is 0.0588. The second-order valence-electron chi connectivity index (χ2n) is 4.80. The van der Waals surface area contributed by atoms with Gasteiger partial charge in [0.2, 0.25) is 0 Å². The molecule has 0 aromatic heterocycles. The summed E-state index contributed by atoms with van der Waals surface area (Å²) in [4.78, 5) is 0. The molecule has 0 aliphatic heterocycles. The Kier molecular flexibility index (Phi) is 9.99. The molecular weight excluding hydrogens is 202 g/mol. The monoisotopic (exact) mass is 231 g/mol. The predicted octanol–water partition coefficient (Wildman–Crippen LogP) is 2.20. The molecule has 0 aromatic rings. The molecular formula is C13H29NO2. The summed E-state index contributed by atoms with van der Waals surface area (Å²) < 4.78 is 0. The van der Waals surface area contributed by atoms with Gasteiger partial charge in [-0.25, -0.2) is 0 Å². The summed E-state index contributed by atoms with van der Waals surface area (Å²) in [5.74, 6) is 0. The molecule has 3 heteroatoms. The lowest BCUT2D eigenvalue weighted by Gasteiger charge is -2.21. The number of hydrogen-bond acceptors (Lipinski definition) is 3. The zero-order chi connectivity index (χ0) is 12.4. The van der Waals surface area contributed by atoms with Gasteiger partial charge in [0, 0.05) is 0 Å². The van der Waals surface area contributed by atoms with Crippen molar-refractivity contribution in [1.29, 1.82) is 0 Å². The Balaban J connectivity index is 3.31. The minimum absolute atomic E-state index is 0.500. The van der Waals surface area contributed by atoms with Gasteiger partial charge >= 0.3 is 0 Å². The van der Waals surface area contributed by atoms with Crippen molar-refractivity contribution >= 4 is 0 Å². The zero-order valence-corrected chi connectivity index (χ0v) is 10.9. The molecule has 0 saturated heterocycles. The molecule has 0 rings (SSSR count). The maximum atomic E-state index is 9.64. The van der Waals surface area contributed by atoms with Gasteiger partial charge in [-0.15, -0.1) is 0 Å². The maximum absolute atomic E-state index is 9.64. The Morgan fingerprint density at radius 3 is 1.94 bits per heavy atom. The van der Waals surface area contributed by atoms with E-state index in [4.69, 9.17) is 5.73 Å². The largest absolute Gasteiger partial charge is 0.392 e. The summed E-state index contributed by atoms with van der Waals surface area (Å²) in [6.45, 7) is 3.84. The Labute approximate surface area is 100 Å². The first-order valence-electron chi connectivity index (χ1n) is 6.71. The third kappa shape index (κ3) is 8.08. The van der Waals surface area contributed by atoms with E-state index >= 15 is 0 Å². The SMILES string of the molecule is CCCCCCCCC[C@@H](O)[C@@H](N)[C@@H](C)O. The molecule has 3 nitrogen and oxygen atoms in total. The van der Waals surface area contributed by atoms with Gasteiger partial charge in [-0.05, 0) is 13.3 Å². The molecule has 0 amide bonds. The van der Waals surface area contributed by atoms with Gasteiger partial charge in [-0.2, -0.15) is 0 Å². The first-order valence-corrected chi connectivity index (χ1v) is 6.71. The molecule has 0 aromatic carbocycles. The highest BCUT2D eigenvalue weighted by atomic mass is 16.3. The van der Waals surface area contributed by atoms with Crippen LogP contribution in [-0.4, -0.2) is 28.5 Å². The number of aliphatic hydroxyl groups excluding tert-OH is 2. The van der Waals surface area contributed by atoms with Gasteiger partial charge in [0.15, 0.2) is 0 Å². The Morgan fingerprint density at radius 2 is 1.44 bits per heavy atom. The summed E-state index contributed by atoms with van der Waals surface area (Å²) in [5.41, 5.74) is 5.64. The van der Waals surface area contributed by atoms with Crippen LogP contribution in [0.5, 0.6) is 0 Å². The molecule has 3 atom stereocenters. The highest BCUT2D eigenvalue weighted by Crippen LogP contribution is 2.11. The van der Waals surface area contributed by atoms with E-state index in [1.807, 2.05) is 0 Å². The van der Waals surface area contributed by atoms with Crippen LogP contribution in [0.25, 0.3) is 0 Å². The second-order valence-corrected chi connectivity index (χ2v) is 4.80. The van der Waals surface area contributed by atoms with Gasteiger partial charge in [0.1, 0.15) is 0 Å². The Morgan fingerprint density at radius 1 is 0.938 bits per heavy atom. The van der Waals surface area contributed by atoms with Gasteiger partial charge in [-0.3, -0.25) is 0 Å². The van der Waals surface area contributed by atoms with E-state index in [1.165, 1.54) is 32.1 Å². The molecule has 0 aliphatic carbocycles. The van der Waals surface area contributed by atoms with E-state index in [-0.39, 0.29) is 0 Å². The standard InChI is InChI=1S/C13H29NO2/c1-3-4-5-6-7-8-9-10-12(16)13(14)11(2)15/h11-13,15-16H,3-10,14H2,1-2H3/t11-,12-,13+/m1/s1. The van der Waals surface area contributed by atoms with Crippen molar-refractivity contribution in [3.8, 4) is 0 Å². The van der Waals surface area contributed by atoms with Crippen LogP contribution in [0.1, 0.15) is 65.2 Å². The van der Waals surface area contributed by atoms with Crippen molar-refractivity contribution in [2.24, 2.45) is 5.73 Å². The number of nitrogens with two attached hydrogens (primary N) is 1. The molecule has 0 aliphatic rings. The fourth-order valence-corrected chi connectivity index (χ4v) is 1.82. The topological polar surface area (TPSA) is 66.5 Å². The Bertz CT molecular complexity index is 151. The molecule has 98 valence electrons. The molecule has 0 bridgehead atoms. The first kappa shape index (κ1) is 15.9. The minimum atomic E-state index is -0.625. The fraction of sp³-hybridized carbons (Fsp3) is 1.00. The van der Waals surface area contributed by atoms with E-state index < -0.39 is 18.2 Å². The quantitative estimate of drug-likeness (QED) is 0.505. The average Bonchev–Trinajstić information content (AvgIpc) is 2.26. The molecule has 16 heavy (non-hydrogen) atoms. The number of aliphatic hydroxyl groups is 2. The predicted molar refractivity (Wildman–Crippen MR) is 68.3 cm³/mol. The molecule has 0 saturated carbocycles. The number of hydrogen-bond donors (Lipinski definition) is 3. The lowest BCUT2D eigenvalue weighted by atomic mass is 10.00. The van der Waals surface area contributed by atoms with Crippen molar-refractivity contribution in [2.45, 2.75) is 83.5 Å². The van der Waals surface area contributed by atoms with Crippen LogP contribution in [0.15, 0.2) is 0 Å². The normalized spacial score (nSPS) is 17.1. The van der Waals surface area contributed by atoms with Crippen molar-refractivity contribution in [3.63, 3.8) is 0 Å². The van der Waals surface area contributed by atoms with Crippen LogP contribution in [0.4, 0.5) is 0 Å². The highest BCUT2D eigenvalue weighted by Gasteiger charge is 2.18. The van der Waals surface area contributed by atoms with E-state index in [2.05, 4.69) is 6.92 Å². The van der Waals surface area contributed by atoms with Gasteiger partial charge in [0.05, 0.1) is 18.2 Å². The van der Waals surface area contributed by atoms with Crippen LogP contribution in [-0.2, 0) is 0 Å². The lowest BCUT2D eigenvalue weighted by Crippen LogP contribution is -2.43. The Hall–Kier alpha value is -0.120. The zero-order valence-electron chi connectivity index (χ0n) is 10.9. The molecule has 0 radical (unpaired) electrons. The third-order valence-corrected chi connectivity index (χ3v) is 3.10. The second kappa shape index (κ2) is 10.1. The molecule has 0 spiro atoms. The van der Waals surface area contributed by atoms with Crippen molar-refractivity contribution in [1.82, 2.24) is 0 Å². The minimum Gasteiger partial charge on any atom is -0.392 e. The summed E-state index contributed by atoms with van der Waals surface area (Å²) in [7, 11) is 0. The average molecular weight is 231 g/mol. The smallest absolute Gasteiger partial charge is 0.0716 e. The van der Waals surface area contributed by atoms with E-state index in [0.29, 0.717) is 6.42 Å². The van der Waals surface area contributed by atoms with E-state index in [0.717, 1.165) is 12.8 Å². The maximum Gasteiger partial charge on any atom is 0.0716 e. The third-order valence-electron chi connectivity index (χ3n) is 3.10. The van der Waals surface area contributed by atoms with Gasteiger partial charge in [-0.1, -0.05) is 51.9 Å². The van der Waals surface area contributed by atoms with Crippen LogP contribution < -0.4 is 5.73 Å². The van der Waals surface area contributed by atoms with Gasteiger partial charge < -0.3 is 15.9 Å². The number of rotatable bonds is 10. The molecule has 0 heterocycles. The van der Waals surface area contributed by atoms with Crippen molar-refractivity contribution in [3.05, 3.63) is 0 Å². The summed E-state index contributed by atoms with van der Waals surface area (Å²) in [6.07, 6.45) is 8.17. The van der Waals surface area contributed by atoms with Gasteiger partial charge in [0.25, 0.3) is 0 Å². The van der Waals surface area contributed by atoms with Crippen LogP contribution >= 0.6 is 0 Å².